The summed E-state index contributed by atoms with van der Waals surface area (Å²) in [5, 5.41) is 24.4. The first-order valence-corrected chi connectivity index (χ1v) is 9.72. The molecule has 0 bridgehead atoms. The summed E-state index contributed by atoms with van der Waals surface area (Å²) in [6.45, 7) is 0.611. The summed E-state index contributed by atoms with van der Waals surface area (Å²) in [5.41, 5.74) is -0.405. The van der Waals surface area contributed by atoms with E-state index >= 15 is 0 Å². The van der Waals surface area contributed by atoms with Crippen molar-refractivity contribution in [3.05, 3.63) is 67.2 Å². The standard InChI is InChI=1S/C16H16N2O2S3/c19-15(17-9-13-3-1-6-22-13)18-11-16(20,12-5-8-21-10-12)14-4-2-7-23-14/h1-8,10,20H,9,11H2,(H2,17,18,19)/t16-/m1/s1. The number of hydrogen-bond donors (Lipinski definition) is 3. The number of nitrogens with one attached hydrogen (secondary N) is 2. The molecule has 3 N–H and O–H groups in total. The summed E-state index contributed by atoms with van der Waals surface area (Å²) in [7, 11) is 0. The first-order chi connectivity index (χ1) is 11.2. The van der Waals surface area contributed by atoms with Gasteiger partial charge in [0.2, 0.25) is 0 Å². The number of amides is 2. The van der Waals surface area contributed by atoms with E-state index in [1.807, 2.05) is 51.9 Å². The van der Waals surface area contributed by atoms with Gasteiger partial charge in [-0.1, -0.05) is 12.1 Å². The Morgan fingerprint density at radius 3 is 2.57 bits per heavy atom. The Labute approximate surface area is 146 Å². The van der Waals surface area contributed by atoms with Gasteiger partial charge >= 0.3 is 6.03 Å². The molecular weight excluding hydrogens is 348 g/mol. The molecule has 0 aliphatic carbocycles. The Hall–Kier alpha value is -1.67. The highest BCUT2D eigenvalue weighted by Gasteiger charge is 2.33. The monoisotopic (exact) mass is 364 g/mol. The summed E-state index contributed by atoms with van der Waals surface area (Å²) in [6.07, 6.45) is 0. The van der Waals surface area contributed by atoms with Gasteiger partial charge < -0.3 is 15.7 Å². The lowest BCUT2D eigenvalue weighted by Gasteiger charge is -2.27. The molecule has 3 aromatic heterocycles. The van der Waals surface area contributed by atoms with Crippen LogP contribution in [0.2, 0.25) is 0 Å². The first kappa shape index (κ1) is 16.2. The van der Waals surface area contributed by atoms with Crippen molar-refractivity contribution in [3.8, 4) is 0 Å². The van der Waals surface area contributed by atoms with Crippen LogP contribution in [-0.2, 0) is 12.1 Å². The molecule has 0 aliphatic rings. The van der Waals surface area contributed by atoms with Gasteiger partial charge in [0, 0.05) is 15.3 Å². The van der Waals surface area contributed by atoms with Crippen LogP contribution in [0.25, 0.3) is 0 Å². The minimum absolute atomic E-state index is 0.126. The second-order valence-electron chi connectivity index (χ2n) is 4.97. The van der Waals surface area contributed by atoms with Crippen molar-refractivity contribution >= 4 is 40.0 Å². The summed E-state index contributed by atoms with van der Waals surface area (Å²) >= 11 is 4.60. The van der Waals surface area contributed by atoms with Crippen molar-refractivity contribution in [1.29, 1.82) is 0 Å². The molecule has 23 heavy (non-hydrogen) atoms. The van der Waals surface area contributed by atoms with Crippen LogP contribution >= 0.6 is 34.0 Å². The average molecular weight is 365 g/mol. The Balaban J connectivity index is 1.64. The van der Waals surface area contributed by atoms with E-state index in [4.69, 9.17) is 0 Å². The zero-order valence-corrected chi connectivity index (χ0v) is 14.6. The maximum absolute atomic E-state index is 12.0. The van der Waals surface area contributed by atoms with Crippen molar-refractivity contribution in [3.63, 3.8) is 0 Å². The summed E-state index contributed by atoms with van der Waals surface area (Å²) in [4.78, 5) is 13.9. The zero-order chi connectivity index (χ0) is 16.1. The molecule has 0 saturated heterocycles. The number of hydrogen-bond acceptors (Lipinski definition) is 5. The Morgan fingerprint density at radius 1 is 1.09 bits per heavy atom. The molecule has 1 atom stereocenters. The van der Waals surface area contributed by atoms with Gasteiger partial charge in [0.15, 0.2) is 0 Å². The molecule has 7 heteroatoms. The second-order valence-corrected chi connectivity index (χ2v) is 7.73. The number of thiophene rings is 3. The Kier molecular flexibility index (Phi) is 5.12. The Bertz CT molecular complexity index is 687. The maximum Gasteiger partial charge on any atom is 0.315 e. The highest BCUT2D eigenvalue weighted by Crippen LogP contribution is 2.33. The lowest BCUT2D eigenvalue weighted by Crippen LogP contribution is -2.44. The van der Waals surface area contributed by atoms with Crippen molar-refractivity contribution < 1.29 is 9.90 Å². The number of carbonyl (C=O) groups is 1. The molecule has 0 aromatic carbocycles. The molecule has 0 fully saturated rings. The van der Waals surface area contributed by atoms with Crippen LogP contribution in [-0.4, -0.2) is 17.7 Å². The number of urea groups is 1. The minimum atomic E-state index is -1.20. The summed E-state index contributed by atoms with van der Waals surface area (Å²) in [6, 6.07) is 9.30. The van der Waals surface area contributed by atoms with Crippen LogP contribution in [0, 0.1) is 0 Å². The molecule has 2 amide bonds. The van der Waals surface area contributed by atoms with Crippen LogP contribution in [0.3, 0.4) is 0 Å². The van der Waals surface area contributed by atoms with Gasteiger partial charge in [-0.05, 0) is 39.7 Å². The van der Waals surface area contributed by atoms with Crippen LogP contribution < -0.4 is 10.6 Å². The largest absolute Gasteiger partial charge is 0.378 e. The van der Waals surface area contributed by atoms with Gasteiger partial charge in [0.05, 0.1) is 13.1 Å². The van der Waals surface area contributed by atoms with Crippen molar-refractivity contribution in [2.24, 2.45) is 0 Å². The van der Waals surface area contributed by atoms with Crippen molar-refractivity contribution in [1.82, 2.24) is 10.6 Å². The molecule has 0 unspecified atom stereocenters. The van der Waals surface area contributed by atoms with Crippen LogP contribution in [0.4, 0.5) is 4.79 Å². The third kappa shape index (κ3) is 3.81. The first-order valence-electron chi connectivity index (χ1n) is 7.01. The SMILES string of the molecule is O=C(NCc1cccs1)NC[C@@](O)(c1ccsc1)c1cccs1. The number of rotatable bonds is 6. The van der Waals surface area contributed by atoms with E-state index in [2.05, 4.69) is 10.6 Å². The van der Waals surface area contributed by atoms with Gasteiger partial charge in [-0.15, -0.1) is 22.7 Å². The molecule has 3 heterocycles. The van der Waals surface area contributed by atoms with Gasteiger partial charge in [-0.3, -0.25) is 0 Å². The van der Waals surface area contributed by atoms with Crippen molar-refractivity contribution in [2.75, 3.05) is 6.54 Å². The fourth-order valence-corrected chi connectivity index (χ4v) is 4.41. The van der Waals surface area contributed by atoms with Crippen molar-refractivity contribution in [2.45, 2.75) is 12.1 Å². The van der Waals surface area contributed by atoms with E-state index in [0.717, 1.165) is 15.3 Å². The molecule has 0 saturated carbocycles. The molecule has 0 spiro atoms. The number of carbonyl (C=O) groups excluding carboxylic acids is 1. The summed E-state index contributed by atoms with van der Waals surface area (Å²) < 4.78 is 0. The van der Waals surface area contributed by atoms with Gasteiger partial charge in [-0.25, -0.2) is 4.79 Å². The lowest BCUT2D eigenvalue weighted by atomic mass is 9.94. The van der Waals surface area contributed by atoms with Gasteiger partial charge in [0.25, 0.3) is 0 Å². The fraction of sp³-hybridized carbons (Fsp3) is 0.188. The second kappa shape index (κ2) is 7.27. The van der Waals surface area contributed by atoms with Gasteiger partial charge in [-0.2, -0.15) is 11.3 Å². The van der Waals surface area contributed by atoms with E-state index in [1.165, 1.54) is 22.7 Å². The van der Waals surface area contributed by atoms with E-state index in [1.54, 1.807) is 11.3 Å². The van der Waals surface area contributed by atoms with Gasteiger partial charge in [0.1, 0.15) is 5.60 Å². The minimum Gasteiger partial charge on any atom is -0.378 e. The molecule has 0 aliphatic heterocycles. The molecule has 0 radical (unpaired) electrons. The van der Waals surface area contributed by atoms with E-state index in [0.29, 0.717) is 6.54 Å². The average Bonchev–Trinajstić information content (AvgIpc) is 3.33. The molecule has 3 aromatic rings. The zero-order valence-electron chi connectivity index (χ0n) is 12.2. The van der Waals surface area contributed by atoms with E-state index in [9.17, 15) is 9.90 Å². The summed E-state index contributed by atoms with van der Waals surface area (Å²) in [5.74, 6) is 0. The predicted octanol–water partition coefficient (Wildman–Crippen LogP) is 3.61. The smallest absolute Gasteiger partial charge is 0.315 e. The molecule has 120 valence electrons. The van der Waals surface area contributed by atoms with E-state index < -0.39 is 5.60 Å². The predicted molar refractivity (Wildman–Crippen MR) is 96.2 cm³/mol. The third-order valence-corrected chi connectivity index (χ3v) is 6.02. The van der Waals surface area contributed by atoms with Crippen LogP contribution in [0.1, 0.15) is 15.3 Å². The molecular formula is C16H16N2O2S3. The third-order valence-electron chi connectivity index (χ3n) is 3.44. The fourth-order valence-electron chi connectivity index (χ4n) is 2.20. The Morgan fingerprint density at radius 2 is 1.91 bits per heavy atom. The number of aliphatic hydroxyl groups is 1. The van der Waals surface area contributed by atoms with E-state index in [-0.39, 0.29) is 12.6 Å². The maximum atomic E-state index is 12.0. The highest BCUT2D eigenvalue weighted by molar-refractivity contribution is 7.10. The highest BCUT2D eigenvalue weighted by atomic mass is 32.1. The quantitative estimate of drug-likeness (QED) is 0.626. The lowest BCUT2D eigenvalue weighted by molar-refractivity contribution is 0.0863. The molecule has 3 rings (SSSR count). The van der Waals surface area contributed by atoms with Crippen LogP contribution in [0.5, 0.6) is 0 Å². The normalized spacial score (nSPS) is 13.4. The molecule has 4 nitrogen and oxygen atoms in total. The van der Waals surface area contributed by atoms with Crippen LogP contribution in [0.15, 0.2) is 51.9 Å². The topological polar surface area (TPSA) is 61.4 Å².